The molecular weight excluding hydrogens is 227 g/mol. The Morgan fingerprint density at radius 3 is 2.60 bits per heavy atom. The van der Waals surface area contributed by atoms with Crippen molar-refractivity contribution in [3.8, 4) is 0 Å². The first-order valence-corrected chi connectivity index (χ1v) is 4.16. The molecule has 0 bridgehead atoms. The Balaban J connectivity index is 3.63. The normalized spacial score (nSPS) is 10.1. The highest BCUT2D eigenvalue weighted by Gasteiger charge is 2.25. The number of carbonyl (C=O) groups is 1. The summed E-state index contributed by atoms with van der Waals surface area (Å²) in [6.07, 6.45) is 0. The second-order valence-electron chi connectivity index (χ2n) is 2.80. The number of nitro benzene ring substituents is 1. The van der Waals surface area contributed by atoms with E-state index in [0.717, 1.165) is 13.0 Å². The maximum absolute atomic E-state index is 13.1. The van der Waals surface area contributed by atoms with Crippen molar-refractivity contribution in [1.29, 1.82) is 0 Å². The summed E-state index contributed by atoms with van der Waals surface area (Å²) in [5.74, 6) is -1.60. The van der Waals surface area contributed by atoms with Crippen molar-refractivity contribution in [2.75, 3.05) is 5.73 Å². The minimum atomic E-state index is -1.03. The fourth-order valence-corrected chi connectivity index (χ4v) is 1.42. The number of benzene rings is 1. The summed E-state index contributed by atoms with van der Waals surface area (Å²) in [4.78, 5) is 20.6. The van der Waals surface area contributed by atoms with E-state index < -0.39 is 32.9 Å². The largest absolute Gasteiger partial charge is 0.391 e. The fraction of sp³-hybridized carbons (Fsp3) is 0.125. The number of nitrogens with two attached hydrogens (primary N) is 1. The van der Waals surface area contributed by atoms with Gasteiger partial charge in [-0.2, -0.15) is 0 Å². The van der Waals surface area contributed by atoms with Crippen LogP contribution in [0.5, 0.6) is 0 Å². The molecule has 7 heteroatoms. The molecule has 80 valence electrons. The molecule has 0 fully saturated rings. The van der Waals surface area contributed by atoms with Gasteiger partial charge in [0.05, 0.1) is 4.92 Å². The Morgan fingerprint density at radius 1 is 1.67 bits per heavy atom. The maximum Gasteiger partial charge on any atom is 0.314 e. The van der Waals surface area contributed by atoms with Crippen LogP contribution in [-0.2, 0) is 0 Å². The van der Waals surface area contributed by atoms with Gasteiger partial charge in [-0.05, 0) is 13.0 Å². The van der Waals surface area contributed by atoms with Crippen molar-refractivity contribution in [2.45, 2.75) is 6.92 Å². The fourth-order valence-electron chi connectivity index (χ4n) is 1.06. The third-order valence-electron chi connectivity index (χ3n) is 1.79. The maximum atomic E-state index is 13.1. The van der Waals surface area contributed by atoms with Crippen LogP contribution in [0.4, 0.5) is 15.8 Å². The molecule has 0 saturated heterocycles. The highest BCUT2D eigenvalue weighted by Crippen LogP contribution is 2.35. The smallest absolute Gasteiger partial charge is 0.314 e. The molecule has 1 rings (SSSR count). The number of Topliss-reactive ketones (excluding diaryl/α,β-unsaturated/α-hetero) is 1. The minimum Gasteiger partial charge on any atom is -0.391 e. The molecule has 0 heterocycles. The van der Waals surface area contributed by atoms with Crippen molar-refractivity contribution in [1.82, 2.24) is 0 Å². The Bertz CT molecular complexity index is 462. The lowest BCUT2D eigenvalue weighted by atomic mass is 10.1. The molecule has 0 unspecified atom stereocenters. The van der Waals surface area contributed by atoms with Gasteiger partial charge in [0.15, 0.2) is 11.6 Å². The number of rotatable bonds is 2. The lowest BCUT2D eigenvalue weighted by Gasteiger charge is -2.04. The van der Waals surface area contributed by atoms with Gasteiger partial charge in [-0.1, -0.05) is 11.6 Å². The van der Waals surface area contributed by atoms with Crippen LogP contribution in [0.2, 0.25) is 5.02 Å². The topological polar surface area (TPSA) is 86.2 Å². The standard InChI is InChI=1S/C8H6ClFN2O3/c1-3(13)4-2-5(10)7(11)8(6(4)9)12(14)15/h2H,11H2,1H3. The molecule has 2 N–H and O–H groups in total. The van der Waals surface area contributed by atoms with Crippen molar-refractivity contribution in [3.05, 3.63) is 32.6 Å². The zero-order chi connectivity index (χ0) is 11.7. The Labute approximate surface area is 88.8 Å². The molecule has 5 nitrogen and oxygen atoms in total. The van der Waals surface area contributed by atoms with Gasteiger partial charge in [-0.3, -0.25) is 14.9 Å². The highest BCUT2D eigenvalue weighted by atomic mass is 35.5. The van der Waals surface area contributed by atoms with E-state index in [1.165, 1.54) is 0 Å². The summed E-state index contributed by atoms with van der Waals surface area (Å²) in [5, 5.41) is 10.1. The molecule has 1 aromatic rings. The van der Waals surface area contributed by atoms with E-state index >= 15 is 0 Å². The molecule has 0 aliphatic rings. The van der Waals surface area contributed by atoms with E-state index in [9.17, 15) is 19.3 Å². The molecule has 0 saturated carbocycles. The molecule has 0 spiro atoms. The van der Waals surface area contributed by atoms with Crippen molar-refractivity contribution in [2.24, 2.45) is 0 Å². The number of halogens is 2. The molecule has 1 aromatic carbocycles. The van der Waals surface area contributed by atoms with Crippen LogP contribution in [-0.4, -0.2) is 10.7 Å². The van der Waals surface area contributed by atoms with Gasteiger partial charge >= 0.3 is 5.69 Å². The second kappa shape index (κ2) is 3.82. The number of ketones is 1. The van der Waals surface area contributed by atoms with Crippen LogP contribution >= 0.6 is 11.6 Å². The zero-order valence-electron chi connectivity index (χ0n) is 7.58. The summed E-state index contributed by atoms with van der Waals surface area (Å²) in [6.45, 7) is 1.13. The molecule has 0 radical (unpaired) electrons. The van der Waals surface area contributed by atoms with Gasteiger partial charge in [0.1, 0.15) is 10.7 Å². The first kappa shape index (κ1) is 11.4. The Morgan fingerprint density at radius 2 is 2.20 bits per heavy atom. The predicted molar refractivity (Wildman–Crippen MR) is 52.5 cm³/mol. The van der Waals surface area contributed by atoms with E-state index in [4.69, 9.17) is 17.3 Å². The van der Waals surface area contributed by atoms with Gasteiger partial charge < -0.3 is 5.73 Å². The van der Waals surface area contributed by atoms with Crippen LogP contribution in [0.3, 0.4) is 0 Å². The van der Waals surface area contributed by atoms with Crippen molar-refractivity contribution in [3.63, 3.8) is 0 Å². The Kier molecular flexibility index (Phi) is 2.90. The first-order valence-electron chi connectivity index (χ1n) is 3.79. The van der Waals surface area contributed by atoms with E-state index in [1.807, 2.05) is 0 Å². The van der Waals surface area contributed by atoms with Gasteiger partial charge in [0.2, 0.25) is 0 Å². The number of nitrogen functional groups attached to an aromatic ring is 1. The van der Waals surface area contributed by atoms with Crippen LogP contribution in [0, 0.1) is 15.9 Å². The number of anilines is 1. The molecule has 0 atom stereocenters. The third-order valence-corrected chi connectivity index (χ3v) is 2.17. The zero-order valence-corrected chi connectivity index (χ0v) is 8.34. The van der Waals surface area contributed by atoms with E-state index in [0.29, 0.717) is 0 Å². The summed E-state index contributed by atoms with van der Waals surface area (Å²) < 4.78 is 13.1. The SMILES string of the molecule is CC(=O)c1cc(F)c(N)c([N+](=O)[O-])c1Cl. The van der Waals surface area contributed by atoms with Crippen LogP contribution < -0.4 is 5.73 Å². The molecular formula is C8H6ClFN2O3. The quantitative estimate of drug-likeness (QED) is 0.366. The Hall–Kier alpha value is -1.69. The number of nitro groups is 1. The van der Waals surface area contributed by atoms with E-state index in [-0.39, 0.29) is 5.56 Å². The van der Waals surface area contributed by atoms with Gasteiger partial charge in [0.25, 0.3) is 0 Å². The van der Waals surface area contributed by atoms with E-state index in [1.54, 1.807) is 0 Å². The summed E-state index contributed by atoms with van der Waals surface area (Å²) in [5.41, 5.74) is 3.44. The molecule has 0 aliphatic carbocycles. The van der Waals surface area contributed by atoms with E-state index in [2.05, 4.69) is 0 Å². The summed E-state index contributed by atoms with van der Waals surface area (Å²) in [7, 11) is 0. The average Bonchev–Trinajstić information content (AvgIpc) is 2.10. The van der Waals surface area contributed by atoms with Crippen LogP contribution in [0.15, 0.2) is 6.07 Å². The van der Waals surface area contributed by atoms with Crippen LogP contribution in [0.25, 0.3) is 0 Å². The third kappa shape index (κ3) is 1.89. The summed E-state index contributed by atoms with van der Waals surface area (Å²) in [6, 6.07) is 0.785. The van der Waals surface area contributed by atoms with Gasteiger partial charge in [-0.25, -0.2) is 4.39 Å². The summed E-state index contributed by atoms with van der Waals surface area (Å²) >= 11 is 5.57. The number of carbonyl (C=O) groups excluding carboxylic acids is 1. The monoisotopic (exact) mass is 232 g/mol. The highest BCUT2D eigenvalue weighted by molar-refractivity contribution is 6.36. The molecule has 0 aliphatic heterocycles. The van der Waals surface area contributed by atoms with Crippen molar-refractivity contribution < 1.29 is 14.1 Å². The second-order valence-corrected chi connectivity index (χ2v) is 3.17. The van der Waals surface area contributed by atoms with Crippen LogP contribution in [0.1, 0.15) is 17.3 Å². The van der Waals surface area contributed by atoms with Gasteiger partial charge in [-0.15, -0.1) is 0 Å². The van der Waals surface area contributed by atoms with Gasteiger partial charge in [0, 0.05) is 5.56 Å². The molecule has 15 heavy (non-hydrogen) atoms. The molecule has 0 amide bonds. The number of nitrogens with zero attached hydrogens (tertiary/aromatic N) is 1. The first-order chi connectivity index (χ1) is 6.86. The molecule has 0 aromatic heterocycles. The lowest BCUT2D eigenvalue weighted by Crippen LogP contribution is -2.04. The number of hydrogen-bond donors (Lipinski definition) is 1. The lowest BCUT2D eigenvalue weighted by molar-refractivity contribution is -0.383. The number of hydrogen-bond acceptors (Lipinski definition) is 4. The minimum absolute atomic E-state index is 0.255. The van der Waals surface area contributed by atoms with Crippen molar-refractivity contribution >= 4 is 28.8 Å². The average molecular weight is 233 g/mol. The predicted octanol–water partition coefficient (Wildman–Crippen LogP) is 2.17.